The normalized spacial score (nSPS) is 22.6. The average molecular weight is 1070 g/mol. The fourth-order valence-electron chi connectivity index (χ4n) is 16.4. The number of benzene rings is 7. The summed E-state index contributed by atoms with van der Waals surface area (Å²) >= 11 is 0. The minimum Gasteiger partial charge on any atom is -0.468 e. The van der Waals surface area contributed by atoms with E-state index in [0.29, 0.717) is 0 Å². The summed E-state index contributed by atoms with van der Waals surface area (Å²) in [5, 5.41) is 1.21. The molecule has 1 aromatic heterocycles. The van der Waals surface area contributed by atoms with Crippen molar-refractivity contribution in [3.8, 4) is 11.1 Å². The van der Waals surface area contributed by atoms with E-state index in [4.69, 9.17) is 4.42 Å². The molecule has 2 atom stereocenters. The highest BCUT2D eigenvalue weighted by molar-refractivity contribution is 7.00. The predicted molar refractivity (Wildman–Crippen MR) is 346 cm³/mol. The monoisotopic (exact) mass is 1070 g/mol. The summed E-state index contributed by atoms with van der Waals surface area (Å²) < 4.78 is 7.84. The van der Waals surface area contributed by atoms with Crippen molar-refractivity contribution in [2.75, 3.05) is 14.7 Å². The first kappa shape index (κ1) is 52.6. The van der Waals surface area contributed by atoms with E-state index in [-0.39, 0.29) is 50.2 Å². The van der Waals surface area contributed by atoms with Crippen LogP contribution in [0.2, 0.25) is 0 Å². The molecule has 1 saturated carbocycles. The number of fused-ring (bicyclic) bond motifs is 11. The van der Waals surface area contributed by atoms with Crippen molar-refractivity contribution in [1.82, 2.24) is 0 Å². The highest BCUT2D eigenvalue weighted by Crippen LogP contribution is 2.63. The molecular weight excluding hydrogens is 982 g/mol. The van der Waals surface area contributed by atoms with Crippen LogP contribution in [0.15, 0.2) is 138 Å². The second-order valence-corrected chi connectivity index (χ2v) is 31.0. The van der Waals surface area contributed by atoms with Crippen LogP contribution in [0.25, 0.3) is 22.1 Å². The summed E-state index contributed by atoms with van der Waals surface area (Å²) in [6.45, 7) is 38.8. The molecule has 0 bridgehead atoms. The molecule has 0 radical (unpaired) electrons. The van der Waals surface area contributed by atoms with Gasteiger partial charge in [-0.05, 0) is 206 Å². The molecule has 0 N–H and O–H groups in total. The molecule has 1 fully saturated rings. The number of nitrogens with zero attached hydrogens (tertiary/aromatic N) is 3. The van der Waals surface area contributed by atoms with Crippen LogP contribution in [0.3, 0.4) is 0 Å². The molecular formula is C76H86BN3O. The van der Waals surface area contributed by atoms with E-state index in [2.05, 4.69) is 259 Å². The van der Waals surface area contributed by atoms with Gasteiger partial charge in [-0.3, -0.25) is 0 Å². The zero-order valence-corrected chi connectivity index (χ0v) is 51.7. The third-order valence-corrected chi connectivity index (χ3v) is 22.0. The van der Waals surface area contributed by atoms with Crippen molar-refractivity contribution >= 4 is 79.8 Å². The highest BCUT2D eigenvalue weighted by atomic mass is 16.3. The highest BCUT2D eigenvalue weighted by Gasteiger charge is 2.59. The number of rotatable bonds is 4. The Kier molecular flexibility index (Phi) is 11.1. The lowest BCUT2D eigenvalue weighted by molar-refractivity contribution is 0.195. The quantitative estimate of drug-likeness (QED) is 0.164. The standard InChI is InChI=1S/C76H86BN3O/c1-69(2,3)49-25-28-51(29-26-49)78-62-33-27-50(70(4,5)6)41-60(62)77-66-63(78)43-53(80-61-32-24-48(47-22-18-17-19-23-47)40-59(61)75(15)34-20-21-35-76(75,80)16)44-64(66)79(52-30-31-55-56(42-52)72(9,10)37-36-71(55,7)8)67-54-45-57-58(46-65(54)81-68(67)77)74(13,14)39-38-73(57,11)12/h17-19,22-33,40-46H,20-21,34-39H2,1-16H3. The van der Waals surface area contributed by atoms with Crippen LogP contribution in [0.1, 0.15) is 201 Å². The van der Waals surface area contributed by atoms with Crippen LogP contribution >= 0.6 is 0 Å². The van der Waals surface area contributed by atoms with E-state index < -0.39 is 0 Å². The van der Waals surface area contributed by atoms with Gasteiger partial charge < -0.3 is 19.1 Å². The molecule has 14 rings (SSSR count). The molecule has 414 valence electrons. The topological polar surface area (TPSA) is 22.9 Å². The summed E-state index contributed by atoms with van der Waals surface area (Å²) in [4.78, 5) is 8.18. The number of hydrogen-bond donors (Lipinski definition) is 0. The van der Waals surface area contributed by atoms with Gasteiger partial charge in [-0.25, -0.2) is 0 Å². The third kappa shape index (κ3) is 7.60. The smallest absolute Gasteiger partial charge is 0.297 e. The largest absolute Gasteiger partial charge is 0.468 e. The van der Waals surface area contributed by atoms with Crippen LogP contribution in [0.5, 0.6) is 0 Å². The summed E-state index contributed by atoms with van der Waals surface area (Å²) in [5.74, 6) is 0. The summed E-state index contributed by atoms with van der Waals surface area (Å²) in [5.41, 5.74) is 26.8. The lowest BCUT2D eigenvalue weighted by atomic mass is 9.35. The Morgan fingerprint density at radius 1 is 0.432 bits per heavy atom. The van der Waals surface area contributed by atoms with Crippen LogP contribution in [0.4, 0.5) is 45.5 Å². The Balaban J connectivity index is 1.13. The van der Waals surface area contributed by atoms with Crippen LogP contribution in [-0.2, 0) is 37.9 Å². The first-order chi connectivity index (χ1) is 38.1. The molecule has 6 aliphatic rings. The number of hydrogen-bond acceptors (Lipinski definition) is 4. The Hall–Kier alpha value is -6.46. The Morgan fingerprint density at radius 3 is 1.65 bits per heavy atom. The van der Waals surface area contributed by atoms with Gasteiger partial charge in [0.05, 0.1) is 16.9 Å². The van der Waals surface area contributed by atoms with Crippen molar-refractivity contribution < 1.29 is 4.42 Å². The molecule has 0 amide bonds. The molecule has 4 heterocycles. The fourth-order valence-corrected chi connectivity index (χ4v) is 16.4. The molecule has 3 aliphatic heterocycles. The minimum atomic E-state index is -0.192. The summed E-state index contributed by atoms with van der Waals surface area (Å²) in [7, 11) is 0. The maximum absolute atomic E-state index is 7.84. The summed E-state index contributed by atoms with van der Waals surface area (Å²) in [6, 6.07) is 53.3. The maximum Gasteiger partial charge on any atom is 0.297 e. The molecule has 4 nitrogen and oxygen atoms in total. The molecule has 7 aromatic carbocycles. The van der Waals surface area contributed by atoms with Gasteiger partial charge in [0.1, 0.15) is 5.58 Å². The van der Waals surface area contributed by atoms with E-state index in [9.17, 15) is 0 Å². The van der Waals surface area contributed by atoms with Crippen LogP contribution < -0.4 is 31.3 Å². The SMILES string of the molecule is CC(C)(C)c1ccc(N2c3ccc(C(C)(C)C)cc3B3c4oc5cc6c(cc5c4N(c4ccc5c(c4)C(C)(C)CCC5(C)C)c4cc(N5c7ccc(-c8ccccc8)cc7C7(C)CCCCC57C)cc2c43)C(C)(C)CCC6(C)C)cc1. The lowest BCUT2D eigenvalue weighted by Crippen LogP contribution is -2.61. The van der Waals surface area contributed by atoms with Gasteiger partial charge >= 0.3 is 0 Å². The molecule has 8 aromatic rings. The summed E-state index contributed by atoms with van der Waals surface area (Å²) in [6.07, 6.45) is 9.30. The zero-order valence-electron chi connectivity index (χ0n) is 51.7. The molecule has 3 aliphatic carbocycles. The van der Waals surface area contributed by atoms with Gasteiger partial charge in [-0.1, -0.05) is 183 Å². The molecule has 0 saturated heterocycles. The van der Waals surface area contributed by atoms with Crippen LogP contribution in [0, 0.1) is 0 Å². The second kappa shape index (κ2) is 17.1. The van der Waals surface area contributed by atoms with Gasteiger partial charge in [0.2, 0.25) is 0 Å². The number of furan rings is 1. The Morgan fingerprint density at radius 2 is 1.00 bits per heavy atom. The van der Waals surface area contributed by atoms with Crippen molar-refractivity contribution in [2.45, 2.75) is 206 Å². The van der Waals surface area contributed by atoms with Crippen LogP contribution in [-0.4, -0.2) is 12.3 Å². The molecule has 0 spiro atoms. The van der Waals surface area contributed by atoms with E-state index >= 15 is 0 Å². The van der Waals surface area contributed by atoms with Gasteiger partial charge in [0.15, 0.2) is 0 Å². The van der Waals surface area contributed by atoms with Gasteiger partial charge in [-0.2, -0.15) is 0 Å². The lowest BCUT2D eigenvalue weighted by Gasteiger charge is -2.51. The van der Waals surface area contributed by atoms with Crippen molar-refractivity contribution in [1.29, 1.82) is 0 Å². The van der Waals surface area contributed by atoms with Gasteiger partial charge in [0, 0.05) is 50.6 Å². The molecule has 2 unspecified atom stereocenters. The molecule has 5 heteroatoms. The fraction of sp³-hybridized carbons (Fsp3) is 0.421. The van der Waals surface area contributed by atoms with E-state index in [1.807, 2.05) is 0 Å². The van der Waals surface area contributed by atoms with E-state index in [1.54, 1.807) is 0 Å². The van der Waals surface area contributed by atoms with Crippen molar-refractivity contribution in [3.63, 3.8) is 0 Å². The Bertz CT molecular complexity index is 3910. The van der Waals surface area contributed by atoms with Gasteiger partial charge in [-0.15, -0.1) is 0 Å². The zero-order chi connectivity index (χ0) is 56.9. The first-order valence-electron chi connectivity index (χ1n) is 30.9. The predicted octanol–water partition coefficient (Wildman–Crippen LogP) is 19.2. The molecule has 81 heavy (non-hydrogen) atoms. The van der Waals surface area contributed by atoms with Gasteiger partial charge in [0.25, 0.3) is 6.71 Å². The van der Waals surface area contributed by atoms with Crippen molar-refractivity contribution in [3.05, 3.63) is 172 Å². The van der Waals surface area contributed by atoms with E-state index in [1.165, 1.54) is 131 Å². The second-order valence-electron chi connectivity index (χ2n) is 31.0. The minimum absolute atomic E-state index is 0.00659. The number of anilines is 8. The van der Waals surface area contributed by atoms with E-state index in [0.717, 1.165) is 43.3 Å². The average Bonchev–Trinajstić information content (AvgIpc) is 2.32. The Labute approximate surface area is 485 Å². The first-order valence-corrected chi connectivity index (χ1v) is 30.9. The third-order valence-electron chi connectivity index (χ3n) is 22.0. The van der Waals surface area contributed by atoms with Crippen molar-refractivity contribution in [2.24, 2.45) is 0 Å². The maximum atomic E-state index is 7.84.